The zero-order chi connectivity index (χ0) is 38.1. The third-order valence-electron chi connectivity index (χ3n) is 12.7. The molecular weight excluding hydrogens is 705 g/mol. The third kappa shape index (κ3) is 4.30. The molecule has 7 heteroatoms. The summed E-state index contributed by atoms with van der Waals surface area (Å²) in [5, 5.41) is 0. The lowest BCUT2D eigenvalue weighted by molar-refractivity contribution is -0.287. The summed E-state index contributed by atoms with van der Waals surface area (Å²) >= 11 is 0. The Morgan fingerprint density at radius 3 is 1.98 bits per heavy atom. The maximum atomic E-state index is 14.9. The molecule has 0 fully saturated rings. The standard InChI is InChI=1S/C48H33F6N/c1-27-25-35-41-33(39(27)30-22-23-36-34(26-30)44-38(21-12-24-55-44)46(36,47(49,50)51)48(52,53)54)19-11-20-37(41)45(2)42(29-15-7-4-8-16-29)32-18-10-9-17-31(32)40(43(35)45)28-13-5-3-6-14-28/h3-27,39,42H,1-2H3. The number of halogens is 6. The minimum Gasteiger partial charge on any atom is -0.256 e. The van der Waals surface area contributed by atoms with Gasteiger partial charge in [0.05, 0.1) is 5.69 Å². The molecule has 4 atom stereocenters. The molecule has 10 rings (SSSR count). The van der Waals surface area contributed by atoms with Crippen molar-refractivity contribution in [2.24, 2.45) is 5.92 Å². The number of hydrogen-bond acceptors (Lipinski definition) is 1. The Kier molecular flexibility index (Phi) is 7.03. The van der Waals surface area contributed by atoms with Gasteiger partial charge in [-0.2, -0.15) is 26.3 Å². The van der Waals surface area contributed by atoms with Gasteiger partial charge in [0.15, 0.2) is 0 Å². The Bertz CT molecular complexity index is 2600. The number of aromatic nitrogens is 1. The Hall–Kier alpha value is -5.69. The fraction of sp³-hybridized carbons (Fsp3) is 0.188. The number of alkyl halides is 6. The normalized spacial score (nSPS) is 23.0. The van der Waals surface area contributed by atoms with Gasteiger partial charge in [0.1, 0.15) is 0 Å². The van der Waals surface area contributed by atoms with E-state index >= 15 is 0 Å². The molecule has 0 aliphatic heterocycles. The van der Waals surface area contributed by atoms with Crippen LogP contribution >= 0.6 is 0 Å². The molecule has 1 aromatic heterocycles. The molecule has 4 unspecified atom stereocenters. The molecule has 0 N–H and O–H groups in total. The van der Waals surface area contributed by atoms with Crippen LogP contribution in [-0.4, -0.2) is 17.3 Å². The fourth-order valence-corrected chi connectivity index (χ4v) is 10.7. The van der Waals surface area contributed by atoms with E-state index < -0.39 is 34.3 Å². The maximum Gasteiger partial charge on any atom is 0.411 e. The summed E-state index contributed by atoms with van der Waals surface area (Å²) in [5.41, 5.74) is 5.27. The van der Waals surface area contributed by atoms with Crippen molar-refractivity contribution in [2.45, 2.75) is 48.9 Å². The highest BCUT2D eigenvalue weighted by molar-refractivity contribution is 6.05. The van der Waals surface area contributed by atoms with Crippen LogP contribution in [0.2, 0.25) is 0 Å². The molecule has 0 saturated carbocycles. The van der Waals surface area contributed by atoms with E-state index in [1.54, 1.807) is 0 Å². The van der Waals surface area contributed by atoms with Crippen LogP contribution in [-0.2, 0) is 10.8 Å². The number of allylic oxidation sites excluding steroid dienone is 3. The average molecular weight is 738 g/mol. The van der Waals surface area contributed by atoms with Crippen molar-refractivity contribution in [3.63, 3.8) is 0 Å². The molecule has 0 amide bonds. The Morgan fingerprint density at radius 2 is 1.25 bits per heavy atom. The molecule has 1 nitrogen and oxygen atoms in total. The third-order valence-corrected chi connectivity index (χ3v) is 12.7. The predicted octanol–water partition coefficient (Wildman–Crippen LogP) is 12.6. The minimum absolute atomic E-state index is 0.0421. The summed E-state index contributed by atoms with van der Waals surface area (Å²) in [4.78, 5) is 4.14. The van der Waals surface area contributed by atoms with Gasteiger partial charge in [-0.3, -0.25) is 4.98 Å². The lowest BCUT2D eigenvalue weighted by Crippen LogP contribution is -2.53. The van der Waals surface area contributed by atoms with Crippen molar-refractivity contribution < 1.29 is 26.3 Å². The molecule has 5 aromatic carbocycles. The van der Waals surface area contributed by atoms with E-state index in [2.05, 4.69) is 116 Å². The molecule has 0 spiro atoms. The highest BCUT2D eigenvalue weighted by Crippen LogP contribution is 2.68. The van der Waals surface area contributed by atoms with Gasteiger partial charge in [0, 0.05) is 34.6 Å². The number of rotatable bonds is 3. The number of hydrogen-bond donors (Lipinski definition) is 0. The molecule has 0 saturated heterocycles. The highest BCUT2D eigenvalue weighted by Gasteiger charge is 2.75. The molecule has 1 heterocycles. The van der Waals surface area contributed by atoms with Crippen LogP contribution < -0.4 is 0 Å². The van der Waals surface area contributed by atoms with Gasteiger partial charge < -0.3 is 0 Å². The molecule has 0 radical (unpaired) electrons. The monoisotopic (exact) mass is 737 g/mol. The van der Waals surface area contributed by atoms with Crippen LogP contribution in [0.3, 0.4) is 0 Å². The smallest absolute Gasteiger partial charge is 0.256 e. The van der Waals surface area contributed by atoms with Crippen LogP contribution in [0.1, 0.15) is 81.3 Å². The SMILES string of the molecule is CC1C=C2C3=C(c4ccccc4)c4ccccc4C(c4ccccc4)C3(C)c3cccc(c32)C1c1ccc2c(c1)-c1ncccc1C2(C(F)(F)F)C(F)(F)F. The molecule has 4 aliphatic carbocycles. The van der Waals surface area contributed by atoms with Crippen molar-refractivity contribution in [1.82, 2.24) is 4.98 Å². The lowest BCUT2D eigenvalue weighted by atomic mass is 9.58. The average Bonchev–Trinajstić information content (AvgIpc) is 3.62. The second kappa shape index (κ2) is 11.4. The van der Waals surface area contributed by atoms with Crippen LogP contribution in [0.5, 0.6) is 0 Å². The quantitative estimate of drug-likeness (QED) is 0.165. The van der Waals surface area contributed by atoms with E-state index in [1.807, 2.05) is 12.1 Å². The first-order valence-electron chi connectivity index (χ1n) is 18.4. The fourth-order valence-electron chi connectivity index (χ4n) is 10.7. The van der Waals surface area contributed by atoms with E-state index in [4.69, 9.17) is 0 Å². The molecule has 6 aromatic rings. The molecule has 272 valence electrons. The first-order chi connectivity index (χ1) is 26.4. The summed E-state index contributed by atoms with van der Waals surface area (Å²) in [6.07, 6.45) is -7.75. The largest absolute Gasteiger partial charge is 0.411 e. The second-order valence-corrected chi connectivity index (χ2v) is 15.4. The Balaban J connectivity index is 1.23. The summed E-state index contributed by atoms with van der Waals surface area (Å²) in [7, 11) is 0. The van der Waals surface area contributed by atoms with Crippen LogP contribution in [0.25, 0.3) is 22.4 Å². The topological polar surface area (TPSA) is 12.9 Å². The highest BCUT2D eigenvalue weighted by atomic mass is 19.4. The predicted molar refractivity (Wildman–Crippen MR) is 203 cm³/mol. The lowest BCUT2D eigenvalue weighted by Gasteiger charge is -2.43. The van der Waals surface area contributed by atoms with Crippen molar-refractivity contribution in [3.8, 4) is 11.3 Å². The van der Waals surface area contributed by atoms with Crippen molar-refractivity contribution >= 4 is 11.1 Å². The molecule has 0 bridgehead atoms. The van der Waals surface area contributed by atoms with Gasteiger partial charge in [-0.15, -0.1) is 0 Å². The molecule has 55 heavy (non-hydrogen) atoms. The van der Waals surface area contributed by atoms with Gasteiger partial charge in [-0.05, 0) is 84.8 Å². The number of benzene rings is 5. The summed E-state index contributed by atoms with van der Waals surface area (Å²) in [6.45, 7) is 4.42. The van der Waals surface area contributed by atoms with Crippen LogP contribution in [0.4, 0.5) is 26.3 Å². The van der Waals surface area contributed by atoms with Crippen molar-refractivity contribution in [1.29, 1.82) is 0 Å². The summed E-state index contributed by atoms with van der Waals surface area (Å²) in [5.74, 6) is -0.542. The zero-order valence-electron chi connectivity index (χ0n) is 29.8. The van der Waals surface area contributed by atoms with Crippen molar-refractivity contribution in [3.05, 3.63) is 207 Å². The van der Waals surface area contributed by atoms with E-state index in [-0.39, 0.29) is 29.0 Å². The van der Waals surface area contributed by atoms with E-state index in [1.165, 1.54) is 46.2 Å². The van der Waals surface area contributed by atoms with Crippen LogP contribution in [0, 0.1) is 5.92 Å². The van der Waals surface area contributed by atoms with Gasteiger partial charge in [0.2, 0.25) is 5.41 Å². The van der Waals surface area contributed by atoms with Gasteiger partial charge in [0.25, 0.3) is 0 Å². The van der Waals surface area contributed by atoms with Crippen LogP contribution in [0.15, 0.2) is 151 Å². The number of pyridine rings is 1. The first kappa shape index (κ1) is 33.8. The first-order valence-corrected chi connectivity index (χ1v) is 18.4. The number of fused-ring (bicyclic) bond motifs is 7. The second-order valence-electron chi connectivity index (χ2n) is 15.4. The zero-order valence-corrected chi connectivity index (χ0v) is 29.8. The summed E-state index contributed by atoms with van der Waals surface area (Å²) in [6, 6.07) is 42.0. The van der Waals surface area contributed by atoms with E-state index in [0.717, 1.165) is 46.0 Å². The van der Waals surface area contributed by atoms with Gasteiger partial charge in [-0.25, -0.2) is 0 Å². The minimum atomic E-state index is -5.64. The van der Waals surface area contributed by atoms with Gasteiger partial charge >= 0.3 is 12.4 Å². The number of nitrogens with zero attached hydrogens (tertiary/aromatic N) is 1. The molecule has 4 aliphatic rings. The van der Waals surface area contributed by atoms with E-state index in [0.29, 0.717) is 5.56 Å². The van der Waals surface area contributed by atoms with Gasteiger partial charge in [-0.1, -0.05) is 141 Å². The Labute approximate surface area is 314 Å². The van der Waals surface area contributed by atoms with Crippen molar-refractivity contribution in [2.75, 3.05) is 0 Å². The van der Waals surface area contributed by atoms with E-state index in [9.17, 15) is 26.3 Å². The summed E-state index contributed by atoms with van der Waals surface area (Å²) < 4.78 is 89.4. The molecular formula is C48H33F6N. The maximum absolute atomic E-state index is 14.9. The Morgan fingerprint density at radius 1 is 0.600 bits per heavy atom.